The molecule has 1 aliphatic rings. The standard InChI is InChI=1S/C16H19F2N9O2/c1-16(2)4-8(14(28)27(16)19)7-26-13-9(5-21-26)20-6-11(23-13)22-10-3-12(25-24-10)29-15(17)18/h3,5-6,8,15H,4,7,19H2,1-2H3,(H2,22,23,24,25)/t8-/m0/s1. The molecule has 0 saturated carbocycles. The molecule has 29 heavy (non-hydrogen) atoms. The lowest BCUT2D eigenvalue weighted by atomic mass is 9.97. The fourth-order valence-corrected chi connectivity index (χ4v) is 3.33. The zero-order valence-corrected chi connectivity index (χ0v) is 15.6. The van der Waals surface area contributed by atoms with E-state index in [-0.39, 0.29) is 23.5 Å². The van der Waals surface area contributed by atoms with Crippen LogP contribution in [0.5, 0.6) is 5.88 Å². The molecule has 4 heterocycles. The van der Waals surface area contributed by atoms with Gasteiger partial charge in [0.15, 0.2) is 17.3 Å². The number of rotatable bonds is 6. The number of ether oxygens (including phenoxy) is 1. The van der Waals surface area contributed by atoms with Gasteiger partial charge in [0.1, 0.15) is 5.52 Å². The highest BCUT2D eigenvalue weighted by Crippen LogP contribution is 2.32. The molecule has 0 bridgehead atoms. The number of hydrogen-bond donors (Lipinski definition) is 3. The third kappa shape index (κ3) is 3.68. The highest BCUT2D eigenvalue weighted by atomic mass is 19.3. The van der Waals surface area contributed by atoms with Gasteiger partial charge in [0.2, 0.25) is 11.8 Å². The number of hydrazine groups is 1. The second-order valence-electron chi connectivity index (χ2n) is 7.33. The SMILES string of the molecule is CC1(C)C[C@@H](Cn2ncc3ncc(Nc4cc(OC(F)F)[nH]n4)nc32)C(=O)N1N. The molecule has 13 heteroatoms. The van der Waals surface area contributed by atoms with Crippen molar-refractivity contribution in [3.8, 4) is 5.88 Å². The van der Waals surface area contributed by atoms with Crippen LogP contribution in [0.25, 0.3) is 11.2 Å². The summed E-state index contributed by atoms with van der Waals surface area (Å²) < 4.78 is 30.3. The number of anilines is 2. The molecule has 0 aromatic carbocycles. The summed E-state index contributed by atoms with van der Waals surface area (Å²) in [4.78, 5) is 21.1. The fraction of sp³-hybridized carbons (Fsp3) is 0.438. The van der Waals surface area contributed by atoms with Gasteiger partial charge >= 0.3 is 6.61 Å². The van der Waals surface area contributed by atoms with Crippen molar-refractivity contribution in [2.24, 2.45) is 11.8 Å². The molecule has 4 N–H and O–H groups in total. The Morgan fingerprint density at radius 1 is 1.41 bits per heavy atom. The number of carbonyl (C=O) groups is 1. The monoisotopic (exact) mass is 407 g/mol. The van der Waals surface area contributed by atoms with E-state index in [9.17, 15) is 13.6 Å². The number of amides is 1. The number of carbonyl (C=O) groups excluding carboxylic acids is 1. The molecule has 1 amide bonds. The zero-order valence-electron chi connectivity index (χ0n) is 15.6. The molecule has 4 rings (SSSR count). The number of hydrogen-bond acceptors (Lipinski definition) is 8. The van der Waals surface area contributed by atoms with E-state index in [0.717, 1.165) is 0 Å². The highest BCUT2D eigenvalue weighted by molar-refractivity contribution is 5.82. The molecule has 11 nitrogen and oxygen atoms in total. The van der Waals surface area contributed by atoms with Crippen molar-refractivity contribution >= 4 is 28.7 Å². The minimum Gasteiger partial charge on any atom is -0.417 e. The van der Waals surface area contributed by atoms with Gasteiger partial charge < -0.3 is 10.1 Å². The first-order chi connectivity index (χ1) is 13.7. The first kappa shape index (κ1) is 19.0. The molecule has 1 fully saturated rings. The van der Waals surface area contributed by atoms with Gasteiger partial charge in [-0.25, -0.2) is 25.6 Å². The smallest absolute Gasteiger partial charge is 0.388 e. The molecular weight excluding hydrogens is 388 g/mol. The van der Waals surface area contributed by atoms with Gasteiger partial charge in [-0.05, 0) is 20.3 Å². The number of nitrogens with two attached hydrogens (primary N) is 1. The third-order valence-electron chi connectivity index (χ3n) is 4.75. The molecule has 0 radical (unpaired) electrons. The fourth-order valence-electron chi connectivity index (χ4n) is 3.33. The quantitative estimate of drug-likeness (QED) is 0.411. The van der Waals surface area contributed by atoms with Gasteiger partial charge in [0.05, 0.1) is 30.4 Å². The molecule has 3 aromatic rings. The van der Waals surface area contributed by atoms with E-state index in [1.54, 1.807) is 10.9 Å². The molecule has 1 atom stereocenters. The first-order valence-corrected chi connectivity index (χ1v) is 8.77. The topological polar surface area (TPSA) is 140 Å². The van der Waals surface area contributed by atoms with E-state index >= 15 is 0 Å². The summed E-state index contributed by atoms with van der Waals surface area (Å²) >= 11 is 0. The lowest BCUT2D eigenvalue weighted by Crippen LogP contribution is -2.46. The number of nitrogens with zero attached hydrogens (tertiary/aromatic N) is 6. The van der Waals surface area contributed by atoms with Crippen LogP contribution in [-0.4, -0.2) is 53.0 Å². The maximum atomic E-state index is 12.4. The summed E-state index contributed by atoms with van der Waals surface area (Å²) in [5, 5.41) is 14.5. The Balaban J connectivity index is 1.54. The number of halogens is 2. The van der Waals surface area contributed by atoms with Crippen molar-refractivity contribution < 1.29 is 18.3 Å². The van der Waals surface area contributed by atoms with Crippen LogP contribution in [0.4, 0.5) is 20.4 Å². The maximum absolute atomic E-state index is 12.4. The van der Waals surface area contributed by atoms with Crippen molar-refractivity contribution in [3.05, 3.63) is 18.5 Å². The summed E-state index contributed by atoms with van der Waals surface area (Å²) in [6.45, 7) is 1.17. The van der Waals surface area contributed by atoms with Crippen LogP contribution in [0.15, 0.2) is 18.5 Å². The van der Waals surface area contributed by atoms with Crippen LogP contribution in [0.3, 0.4) is 0 Å². The minimum atomic E-state index is -2.96. The van der Waals surface area contributed by atoms with E-state index in [4.69, 9.17) is 5.84 Å². The lowest BCUT2D eigenvalue weighted by molar-refractivity contribution is -0.134. The van der Waals surface area contributed by atoms with Crippen LogP contribution >= 0.6 is 0 Å². The Labute approximate surface area is 163 Å². The van der Waals surface area contributed by atoms with Crippen LogP contribution in [-0.2, 0) is 11.3 Å². The van der Waals surface area contributed by atoms with Gasteiger partial charge in [-0.3, -0.25) is 9.80 Å². The Morgan fingerprint density at radius 2 is 2.21 bits per heavy atom. The summed E-state index contributed by atoms with van der Waals surface area (Å²) in [7, 11) is 0. The largest absolute Gasteiger partial charge is 0.417 e. The summed E-state index contributed by atoms with van der Waals surface area (Å²) in [6.07, 6.45) is 3.61. The van der Waals surface area contributed by atoms with Gasteiger partial charge in [-0.1, -0.05) is 0 Å². The number of fused-ring (bicyclic) bond motifs is 1. The van der Waals surface area contributed by atoms with E-state index in [1.165, 1.54) is 17.3 Å². The van der Waals surface area contributed by atoms with Gasteiger partial charge in [-0.15, -0.1) is 0 Å². The average molecular weight is 407 g/mol. The summed E-state index contributed by atoms with van der Waals surface area (Å²) in [5.74, 6) is 5.78. The van der Waals surface area contributed by atoms with E-state index < -0.39 is 12.2 Å². The number of aromatic amines is 1. The molecule has 0 aliphatic carbocycles. The van der Waals surface area contributed by atoms with Crippen LogP contribution in [0, 0.1) is 5.92 Å². The second kappa shape index (κ2) is 6.92. The Morgan fingerprint density at radius 3 is 2.90 bits per heavy atom. The van der Waals surface area contributed by atoms with E-state index in [2.05, 4.69) is 35.3 Å². The molecule has 1 saturated heterocycles. The lowest BCUT2D eigenvalue weighted by Gasteiger charge is -2.26. The Kier molecular flexibility index (Phi) is 4.53. The predicted octanol–water partition coefficient (Wildman–Crippen LogP) is 1.40. The number of alkyl halides is 2. The molecule has 0 unspecified atom stereocenters. The second-order valence-corrected chi connectivity index (χ2v) is 7.33. The van der Waals surface area contributed by atoms with Crippen molar-refractivity contribution in [1.82, 2.24) is 35.0 Å². The minimum absolute atomic E-state index is 0.149. The average Bonchev–Trinajstić information content (AvgIpc) is 3.30. The van der Waals surface area contributed by atoms with Crippen LogP contribution in [0.2, 0.25) is 0 Å². The van der Waals surface area contributed by atoms with Crippen LogP contribution < -0.4 is 15.9 Å². The zero-order chi connectivity index (χ0) is 20.8. The normalized spacial score (nSPS) is 18.8. The van der Waals surface area contributed by atoms with Gasteiger partial charge in [-0.2, -0.15) is 19.0 Å². The van der Waals surface area contributed by atoms with Crippen molar-refractivity contribution in [2.45, 2.75) is 39.0 Å². The Bertz CT molecular complexity index is 1050. The number of H-pyrrole nitrogens is 1. The number of nitrogens with one attached hydrogen (secondary N) is 2. The molecule has 1 aliphatic heterocycles. The molecular formula is C16H19F2N9O2. The van der Waals surface area contributed by atoms with Crippen LogP contribution in [0.1, 0.15) is 20.3 Å². The maximum Gasteiger partial charge on any atom is 0.388 e. The first-order valence-electron chi connectivity index (χ1n) is 8.77. The molecule has 154 valence electrons. The van der Waals surface area contributed by atoms with E-state index in [1.807, 2.05) is 13.8 Å². The predicted molar refractivity (Wildman–Crippen MR) is 97.0 cm³/mol. The van der Waals surface area contributed by atoms with E-state index in [0.29, 0.717) is 29.9 Å². The third-order valence-corrected chi connectivity index (χ3v) is 4.75. The van der Waals surface area contributed by atoms with Crippen molar-refractivity contribution in [2.75, 3.05) is 5.32 Å². The summed E-state index contributed by atoms with van der Waals surface area (Å²) in [5.41, 5.74) is 0.588. The number of aromatic nitrogens is 6. The van der Waals surface area contributed by atoms with Crippen molar-refractivity contribution in [1.29, 1.82) is 0 Å². The Hall–Kier alpha value is -3.35. The van der Waals surface area contributed by atoms with Crippen molar-refractivity contribution in [3.63, 3.8) is 0 Å². The van der Waals surface area contributed by atoms with Gasteiger partial charge in [0.25, 0.3) is 0 Å². The molecule has 0 spiro atoms. The summed E-state index contributed by atoms with van der Waals surface area (Å²) in [6, 6.07) is 1.27. The van der Waals surface area contributed by atoms with Gasteiger partial charge in [0, 0.05) is 6.07 Å². The molecule has 3 aromatic heterocycles. The highest BCUT2D eigenvalue weighted by Gasteiger charge is 2.43.